The van der Waals surface area contributed by atoms with Gasteiger partial charge in [0.25, 0.3) is 10.0 Å². The summed E-state index contributed by atoms with van der Waals surface area (Å²) in [4.78, 5) is 4.05. The highest BCUT2D eigenvalue weighted by Crippen LogP contribution is 2.23. The number of rotatable bonds is 2. The Labute approximate surface area is 123 Å². The molecule has 1 aliphatic rings. The standard InChI is InChI=1S/C12H15N3O3S.ClH/c13-9-5-7-15(8-6-9)19(16,17)12-14-10-3-1-2-4-11(10)18-12;/h1-4,9H,5-8,13H2;1H. The average molecular weight is 318 g/mol. The maximum Gasteiger partial charge on any atom is 0.332 e. The van der Waals surface area contributed by atoms with Gasteiger partial charge in [-0.25, -0.2) is 8.42 Å². The van der Waals surface area contributed by atoms with Gasteiger partial charge in [0.05, 0.1) is 0 Å². The summed E-state index contributed by atoms with van der Waals surface area (Å²) in [5, 5.41) is -0.232. The Kier molecular flexibility index (Phi) is 4.33. The second-order valence-electron chi connectivity index (χ2n) is 4.69. The molecule has 3 rings (SSSR count). The summed E-state index contributed by atoms with van der Waals surface area (Å²) < 4.78 is 31.5. The SMILES string of the molecule is Cl.NC1CCN(S(=O)(=O)c2nc3ccccc3o2)CC1. The van der Waals surface area contributed by atoms with Crippen LogP contribution in [0.15, 0.2) is 33.9 Å². The first-order chi connectivity index (χ1) is 9.07. The zero-order valence-corrected chi connectivity index (χ0v) is 12.4. The van der Waals surface area contributed by atoms with Crippen LogP contribution in [-0.4, -0.2) is 36.8 Å². The molecule has 8 heteroatoms. The van der Waals surface area contributed by atoms with Crippen LogP contribution in [0.4, 0.5) is 0 Å². The predicted octanol–water partition coefficient (Wildman–Crippen LogP) is 1.36. The van der Waals surface area contributed by atoms with E-state index >= 15 is 0 Å². The molecule has 110 valence electrons. The van der Waals surface area contributed by atoms with Crippen molar-refractivity contribution in [3.8, 4) is 0 Å². The minimum Gasteiger partial charge on any atom is -0.427 e. The molecule has 0 bridgehead atoms. The van der Waals surface area contributed by atoms with E-state index in [1.54, 1.807) is 24.3 Å². The lowest BCUT2D eigenvalue weighted by Crippen LogP contribution is -2.42. The van der Waals surface area contributed by atoms with Crippen molar-refractivity contribution in [3.63, 3.8) is 0 Å². The molecule has 2 heterocycles. The first kappa shape index (κ1) is 15.2. The number of para-hydroxylation sites is 2. The topological polar surface area (TPSA) is 89.4 Å². The van der Waals surface area contributed by atoms with Crippen molar-refractivity contribution >= 4 is 33.5 Å². The lowest BCUT2D eigenvalue weighted by molar-refractivity contribution is 0.309. The first-order valence-corrected chi connectivity index (χ1v) is 7.63. The van der Waals surface area contributed by atoms with E-state index in [-0.39, 0.29) is 23.7 Å². The third kappa shape index (κ3) is 2.67. The summed E-state index contributed by atoms with van der Waals surface area (Å²) in [5.41, 5.74) is 6.81. The van der Waals surface area contributed by atoms with Gasteiger partial charge in [0, 0.05) is 19.1 Å². The number of hydrogen-bond acceptors (Lipinski definition) is 5. The zero-order chi connectivity index (χ0) is 13.5. The molecule has 0 unspecified atom stereocenters. The molecule has 0 spiro atoms. The van der Waals surface area contributed by atoms with E-state index < -0.39 is 10.0 Å². The van der Waals surface area contributed by atoms with Crippen LogP contribution >= 0.6 is 12.4 Å². The number of piperidine rings is 1. The van der Waals surface area contributed by atoms with Crippen molar-refractivity contribution in [1.82, 2.24) is 9.29 Å². The van der Waals surface area contributed by atoms with Gasteiger partial charge in [0.2, 0.25) is 0 Å². The lowest BCUT2D eigenvalue weighted by Gasteiger charge is -2.27. The molecule has 1 fully saturated rings. The molecule has 1 saturated heterocycles. The van der Waals surface area contributed by atoms with E-state index in [4.69, 9.17) is 10.2 Å². The largest absolute Gasteiger partial charge is 0.427 e. The molecule has 1 aromatic carbocycles. The van der Waals surface area contributed by atoms with Crippen molar-refractivity contribution in [2.75, 3.05) is 13.1 Å². The Hall–Kier alpha value is -1.15. The molecule has 0 saturated carbocycles. The van der Waals surface area contributed by atoms with Crippen LogP contribution in [0, 0.1) is 0 Å². The van der Waals surface area contributed by atoms with E-state index in [1.807, 2.05) is 0 Å². The number of aromatic nitrogens is 1. The Morgan fingerprint density at radius 3 is 2.55 bits per heavy atom. The number of benzene rings is 1. The van der Waals surface area contributed by atoms with E-state index in [9.17, 15) is 8.42 Å². The van der Waals surface area contributed by atoms with Crippen molar-refractivity contribution in [1.29, 1.82) is 0 Å². The van der Waals surface area contributed by atoms with Crippen molar-refractivity contribution in [2.45, 2.75) is 24.1 Å². The van der Waals surface area contributed by atoms with Gasteiger partial charge in [-0.15, -0.1) is 12.4 Å². The maximum absolute atomic E-state index is 12.4. The van der Waals surface area contributed by atoms with Crippen LogP contribution < -0.4 is 5.73 Å². The molecule has 0 atom stereocenters. The molecule has 1 aliphatic heterocycles. The molecule has 2 N–H and O–H groups in total. The summed E-state index contributed by atoms with van der Waals surface area (Å²) in [6.07, 6.45) is 1.33. The van der Waals surface area contributed by atoms with Gasteiger partial charge < -0.3 is 10.2 Å². The molecule has 6 nitrogen and oxygen atoms in total. The second-order valence-corrected chi connectivity index (χ2v) is 6.50. The van der Waals surface area contributed by atoms with Gasteiger partial charge in [0.15, 0.2) is 5.58 Å². The van der Waals surface area contributed by atoms with Crippen LogP contribution in [-0.2, 0) is 10.0 Å². The number of halogens is 1. The molecule has 0 radical (unpaired) electrons. The van der Waals surface area contributed by atoms with Crippen LogP contribution in [0.1, 0.15) is 12.8 Å². The number of nitrogens with zero attached hydrogens (tertiary/aromatic N) is 2. The summed E-state index contributed by atoms with van der Waals surface area (Å²) in [5.74, 6) is 0. The molecule has 0 aliphatic carbocycles. The Morgan fingerprint density at radius 2 is 1.90 bits per heavy atom. The number of hydrogen-bond donors (Lipinski definition) is 1. The van der Waals surface area contributed by atoms with Crippen LogP contribution in [0.5, 0.6) is 0 Å². The predicted molar refractivity (Wildman–Crippen MR) is 77.2 cm³/mol. The molecule has 1 aromatic heterocycles. The fourth-order valence-corrected chi connectivity index (χ4v) is 3.51. The molecule has 2 aromatic rings. The number of nitrogens with two attached hydrogens (primary N) is 1. The van der Waals surface area contributed by atoms with Gasteiger partial charge in [-0.2, -0.15) is 9.29 Å². The fourth-order valence-electron chi connectivity index (χ4n) is 2.19. The van der Waals surface area contributed by atoms with Gasteiger partial charge in [-0.05, 0) is 25.0 Å². The smallest absolute Gasteiger partial charge is 0.332 e. The second kappa shape index (κ2) is 5.69. The van der Waals surface area contributed by atoms with Gasteiger partial charge >= 0.3 is 5.22 Å². The zero-order valence-electron chi connectivity index (χ0n) is 10.7. The van der Waals surface area contributed by atoms with Crippen molar-refractivity contribution in [3.05, 3.63) is 24.3 Å². The highest BCUT2D eigenvalue weighted by atomic mass is 35.5. The number of oxazole rings is 1. The average Bonchev–Trinajstić information content (AvgIpc) is 2.83. The number of fused-ring (bicyclic) bond motifs is 1. The maximum atomic E-state index is 12.4. The van der Waals surface area contributed by atoms with Crippen molar-refractivity contribution < 1.29 is 12.8 Å². The quantitative estimate of drug-likeness (QED) is 0.903. The molecular weight excluding hydrogens is 302 g/mol. The Bertz CT molecular complexity index is 660. The van der Waals surface area contributed by atoms with Gasteiger partial charge in [-0.1, -0.05) is 12.1 Å². The summed E-state index contributed by atoms with van der Waals surface area (Å²) in [6, 6.07) is 7.08. The summed E-state index contributed by atoms with van der Waals surface area (Å²) in [6.45, 7) is 0.838. The third-order valence-electron chi connectivity index (χ3n) is 3.33. The van der Waals surface area contributed by atoms with E-state index in [2.05, 4.69) is 4.98 Å². The molecule has 20 heavy (non-hydrogen) atoms. The monoisotopic (exact) mass is 317 g/mol. The summed E-state index contributed by atoms with van der Waals surface area (Å²) in [7, 11) is -3.65. The Balaban J connectivity index is 0.00000147. The first-order valence-electron chi connectivity index (χ1n) is 6.19. The van der Waals surface area contributed by atoms with E-state index in [0.29, 0.717) is 37.0 Å². The Morgan fingerprint density at radius 1 is 1.25 bits per heavy atom. The van der Waals surface area contributed by atoms with Crippen molar-refractivity contribution in [2.24, 2.45) is 5.73 Å². The summed E-state index contributed by atoms with van der Waals surface area (Å²) >= 11 is 0. The van der Waals surface area contributed by atoms with E-state index in [1.165, 1.54) is 4.31 Å². The normalized spacial score (nSPS) is 18.1. The van der Waals surface area contributed by atoms with Crippen LogP contribution in [0.3, 0.4) is 0 Å². The fraction of sp³-hybridized carbons (Fsp3) is 0.417. The minimum atomic E-state index is -3.65. The lowest BCUT2D eigenvalue weighted by atomic mass is 10.1. The van der Waals surface area contributed by atoms with Gasteiger partial charge in [0.1, 0.15) is 5.52 Å². The number of sulfonamides is 1. The van der Waals surface area contributed by atoms with E-state index in [0.717, 1.165) is 0 Å². The molecular formula is C12H16ClN3O3S. The molecule has 0 amide bonds. The van der Waals surface area contributed by atoms with Crippen LogP contribution in [0.2, 0.25) is 0 Å². The minimum absolute atomic E-state index is 0. The third-order valence-corrected chi connectivity index (χ3v) is 4.99. The highest BCUT2D eigenvalue weighted by molar-refractivity contribution is 7.88. The van der Waals surface area contributed by atoms with Crippen LogP contribution in [0.25, 0.3) is 11.1 Å². The highest BCUT2D eigenvalue weighted by Gasteiger charge is 2.32. The van der Waals surface area contributed by atoms with Gasteiger partial charge in [-0.3, -0.25) is 0 Å².